The van der Waals surface area contributed by atoms with Crippen LogP contribution in [0.2, 0.25) is 0 Å². The van der Waals surface area contributed by atoms with E-state index in [4.69, 9.17) is 16.2 Å². The van der Waals surface area contributed by atoms with E-state index in [0.717, 1.165) is 37.7 Å². The van der Waals surface area contributed by atoms with Gasteiger partial charge in [-0.25, -0.2) is 15.0 Å². The number of rotatable bonds is 4. The zero-order valence-corrected chi connectivity index (χ0v) is 17.2. The summed E-state index contributed by atoms with van der Waals surface area (Å²) in [6.45, 7) is 0.356. The number of ether oxygens (including phenoxy) is 1. The van der Waals surface area contributed by atoms with Crippen LogP contribution < -0.4 is 16.2 Å². The molecular weight excluding hydrogens is 446 g/mol. The first kappa shape index (κ1) is 18.3. The Morgan fingerprint density at radius 3 is 2.80 bits per heavy atom. The van der Waals surface area contributed by atoms with Gasteiger partial charge in [-0.1, -0.05) is 0 Å². The summed E-state index contributed by atoms with van der Waals surface area (Å²) in [5.41, 5.74) is 15.1. The standard InChI is InChI=1S/C21H16BrN7O/c22-17-6-13-1-2-15(7-18(13)28-20(17)24)30-10-12-5-14(9-25-8-12)29-4-3-16-19(23)26-11-27-21(16)29/h1-9,11H,10H2,(H2,24,28)(H2,23,26,27). The number of nitrogen functional groups attached to an aromatic ring is 2. The zero-order chi connectivity index (χ0) is 20.7. The molecule has 0 unspecified atom stereocenters. The van der Waals surface area contributed by atoms with Crippen LogP contribution in [0.1, 0.15) is 5.56 Å². The molecule has 8 nitrogen and oxygen atoms in total. The first-order valence-corrected chi connectivity index (χ1v) is 9.88. The number of anilines is 2. The van der Waals surface area contributed by atoms with Crippen LogP contribution in [0, 0.1) is 0 Å². The fourth-order valence-electron chi connectivity index (χ4n) is 3.26. The third-order valence-corrected chi connectivity index (χ3v) is 5.38. The third kappa shape index (κ3) is 3.29. The first-order valence-electron chi connectivity index (χ1n) is 9.09. The van der Waals surface area contributed by atoms with Gasteiger partial charge in [0.1, 0.15) is 36.0 Å². The van der Waals surface area contributed by atoms with Gasteiger partial charge in [-0.15, -0.1) is 0 Å². The number of hydrogen-bond acceptors (Lipinski definition) is 7. The second kappa shape index (κ2) is 7.27. The molecule has 5 aromatic rings. The molecule has 0 aliphatic carbocycles. The van der Waals surface area contributed by atoms with Crippen molar-refractivity contribution in [2.75, 3.05) is 11.5 Å². The molecule has 148 valence electrons. The predicted octanol–water partition coefficient (Wildman–Crippen LogP) is 3.87. The maximum absolute atomic E-state index is 5.96. The Morgan fingerprint density at radius 1 is 1.00 bits per heavy atom. The van der Waals surface area contributed by atoms with Gasteiger partial charge >= 0.3 is 0 Å². The van der Waals surface area contributed by atoms with Crippen molar-refractivity contribution in [1.29, 1.82) is 0 Å². The Labute approximate surface area is 179 Å². The Bertz CT molecular complexity index is 1400. The SMILES string of the molecule is Nc1nc2cc(OCc3cncc(-n4ccc5c(N)ncnc54)c3)ccc2cc1Br. The Hall–Kier alpha value is -3.72. The largest absolute Gasteiger partial charge is 0.489 e. The molecule has 0 radical (unpaired) electrons. The van der Waals surface area contributed by atoms with Gasteiger partial charge in [0.15, 0.2) is 0 Å². The Balaban J connectivity index is 1.40. The van der Waals surface area contributed by atoms with E-state index in [1.165, 1.54) is 6.33 Å². The highest BCUT2D eigenvalue weighted by Crippen LogP contribution is 2.27. The lowest BCUT2D eigenvalue weighted by Gasteiger charge is -2.10. The van der Waals surface area contributed by atoms with Gasteiger partial charge in [0.25, 0.3) is 0 Å². The van der Waals surface area contributed by atoms with E-state index in [-0.39, 0.29) is 0 Å². The molecule has 0 amide bonds. The molecule has 5 rings (SSSR count). The highest BCUT2D eigenvalue weighted by Gasteiger charge is 2.09. The smallest absolute Gasteiger partial charge is 0.150 e. The van der Waals surface area contributed by atoms with Crippen molar-refractivity contribution < 1.29 is 4.74 Å². The van der Waals surface area contributed by atoms with Crippen LogP contribution in [-0.2, 0) is 6.61 Å². The molecule has 4 heterocycles. The molecule has 0 bridgehead atoms. The number of halogens is 1. The van der Waals surface area contributed by atoms with Gasteiger partial charge < -0.3 is 16.2 Å². The van der Waals surface area contributed by atoms with E-state index in [2.05, 4.69) is 35.9 Å². The number of fused-ring (bicyclic) bond motifs is 2. The van der Waals surface area contributed by atoms with Crippen molar-refractivity contribution in [2.45, 2.75) is 6.61 Å². The van der Waals surface area contributed by atoms with Gasteiger partial charge in [0, 0.05) is 29.4 Å². The highest BCUT2D eigenvalue weighted by molar-refractivity contribution is 9.10. The van der Waals surface area contributed by atoms with Crippen molar-refractivity contribution in [3.8, 4) is 11.4 Å². The summed E-state index contributed by atoms with van der Waals surface area (Å²) < 4.78 is 8.66. The minimum atomic E-state index is 0.356. The number of pyridine rings is 2. The monoisotopic (exact) mass is 461 g/mol. The van der Waals surface area contributed by atoms with Crippen LogP contribution >= 0.6 is 15.9 Å². The van der Waals surface area contributed by atoms with Crippen molar-refractivity contribution >= 4 is 49.5 Å². The summed E-state index contributed by atoms with van der Waals surface area (Å²) in [4.78, 5) is 17.1. The molecule has 4 aromatic heterocycles. The van der Waals surface area contributed by atoms with E-state index < -0.39 is 0 Å². The maximum atomic E-state index is 5.96. The topological polar surface area (TPSA) is 118 Å². The molecule has 9 heteroatoms. The lowest BCUT2D eigenvalue weighted by atomic mass is 10.2. The summed E-state index contributed by atoms with van der Waals surface area (Å²) >= 11 is 3.40. The van der Waals surface area contributed by atoms with Crippen molar-refractivity contribution in [3.05, 3.63) is 71.4 Å². The molecule has 0 aliphatic heterocycles. The lowest BCUT2D eigenvalue weighted by molar-refractivity contribution is 0.306. The molecule has 0 saturated carbocycles. The number of nitrogens with two attached hydrogens (primary N) is 2. The van der Waals surface area contributed by atoms with Gasteiger partial charge in [-0.2, -0.15) is 0 Å². The quantitative estimate of drug-likeness (QED) is 0.416. The van der Waals surface area contributed by atoms with E-state index >= 15 is 0 Å². The average molecular weight is 462 g/mol. The van der Waals surface area contributed by atoms with Gasteiger partial charge in [-0.05, 0) is 46.3 Å². The number of benzene rings is 1. The highest BCUT2D eigenvalue weighted by atomic mass is 79.9. The normalized spacial score (nSPS) is 11.2. The number of aromatic nitrogens is 5. The zero-order valence-electron chi connectivity index (χ0n) is 15.7. The molecule has 0 saturated heterocycles. The molecule has 0 fully saturated rings. The molecule has 0 aliphatic rings. The van der Waals surface area contributed by atoms with Crippen LogP contribution in [0.4, 0.5) is 11.6 Å². The fourth-order valence-corrected chi connectivity index (χ4v) is 3.59. The Morgan fingerprint density at radius 2 is 1.90 bits per heavy atom. The van der Waals surface area contributed by atoms with Crippen LogP contribution in [0.15, 0.2) is 65.8 Å². The predicted molar refractivity (Wildman–Crippen MR) is 119 cm³/mol. The van der Waals surface area contributed by atoms with E-state index in [1.54, 1.807) is 12.4 Å². The van der Waals surface area contributed by atoms with Gasteiger partial charge in [-0.3, -0.25) is 9.55 Å². The third-order valence-electron chi connectivity index (χ3n) is 4.75. The molecule has 0 spiro atoms. The summed E-state index contributed by atoms with van der Waals surface area (Å²) in [5, 5.41) is 1.78. The van der Waals surface area contributed by atoms with Crippen molar-refractivity contribution in [1.82, 2.24) is 24.5 Å². The van der Waals surface area contributed by atoms with E-state index in [0.29, 0.717) is 24.0 Å². The second-order valence-corrected chi connectivity index (χ2v) is 7.59. The van der Waals surface area contributed by atoms with E-state index in [9.17, 15) is 0 Å². The van der Waals surface area contributed by atoms with Crippen LogP contribution in [0.5, 0.6) is 5.75 Å². The number of nitrogens with zero attached hydrogens (tertiary/aromatic N) is 5. The van der Waals surface area contributed by atoms with Crippen LogP contribution in [0.3, 0.4) is 0 Å². The first-order chi connectivity index (χ1) is 14.6. The van der Waals surface area contributed by atoms with Gasteiger partial charge in [0.2, 0.25) is 0 Å². The number of hydrogen-bond donors (Lipinski definition) is 2. The minimum absolute atomic E-state index is 0.356. The maximum Gasteiger partial charge on any atom is 0.150 e. The molecule has 1 aromatic carbocycles. The fraction of sp³-hybridized carbons (Fsp3) is 0.0476. The molecule has 30 heavy (non-hydrogen) atoms. The minimum Gasteiger partial charge on any atom is -0.489 e. The van der Waals surface area contributed by atoms with Crippen LogP contribution in [0.25, 0.3) is 27.6 Å². The second-order valence-electron chi connectivity index (χ2n) is 6.73. The molecule has 4 N–H and O–H groups in total. The summed E-state index contributed by atoms with van der Waals surface area (Å²) in [5.74, 6) is 1.60. The lowest BCUT2D eigenvalue weighted by Crippen LogP contribution is -2.01. The van der Waals surface area contributed by atoms with Crippen LogP contribution in [-0.4, -0.2) is 24.5 Å². The molecule has 0 atom stereocenters. The summed E-state index contributed by atoms with van der Waals surface area (Å²) in [6, 6.07) is 11.6. The molecular formula is C21H16BrN7O. The average Bonchev–Trinajstić information content (AvgIpc) is 3.19. The van der Waals surface area contributed by atoms with E-state index in [1.807, 2.05) is 47.2 Å². The Kier molecular flexibility index (Phi) is 4.44. The summed E-state index contributed by atoms with van der Waals surface area (Å²) in [6.07, 6.45) is 6.89. The van der Waals surface area contributed by atoms with Crippen molar-refractivity contribution in [3.63, 3.8) is 0 Å². The summed E-state index contributed by atoms with van der Waals surface area (Å²) in [7, 11) is 0. The van der Waals surface area contributed by atoms with Crippen molar-refractivity contribution in [2.24, 2.45) is 0 Å². The van der Waals surface area contributed by atoms with Gasteiger partial charge in [0.05, 0.1) is 27.3 Å².